The Morgan fingerprint density at radius 1 is 1.03 bits per heavy atom. The zero-order valence-corrected chi connectivity index (χ0v) is 22.1. The Balaban J connectivity index is 1.81. The van der Waals surface area contributed by atoms with Crippen molar-refractivity contribution in [1.82, 2.24) is 19.7 Å². The van der Waals surface area contributed by atoms with Crippen molar-refractivity contribution in [1.29, 1.82) is 0 Å². The molecule has 1 aromatic carbocycles. The van der Waals surface area contributed by atoms with Gasteiger partial charge in [0.15, 0.2) is 21.5 Å². The van der Waals surface area contributed by atoms with Gasteiger partial charge in [-0.15, -0.1) is 10.2 Å². The first-order valence-electron chi connectivity index (χ1n) is 11.9. The lowest BCUT2D eigenvalue weighted by molar-refractivity contribution is 0.00813. The third kappa shape index (κ3) is 5.55. The predicted octanol–water partition coefficient (Wildman–Crippen LogP) is 2.45. The molecule has 1 fully saturated rings. The topological polar surface area (TPSA) is 135 Å². The summed E-state index contributed by atoms with van der Waals surface area (Å²) >= 11 is 0. The summed E-state index contributed by atoms with van der Waals surface area (Å²) in [6.07, 6.45) is 0.202. The highest BCUT2D eigenvalue weighted by molar-refractivity contribution is 7.91. The third-order valence-electron chi connectivity index (χ3n) is 6.64. The maximum atomic E-state index is 13.6. The van der Waals surface area contributed by atoms with E-state index in [0.29, 0.717) is 54.8 Å². The lowest BCUT2D eigenvalue weighted by Crippen LogP contribution is -2.40. The SMILES string of the molecule is COc1cccc(-c2nnc(CS(=O)(=O)[C@H](C)[C@H](O)C3CCOCC3)n2-c2c(OC)cccc2OC)n1. The van der Waals surface area contributed by atoms with Crippen LogP contribution in [0.25, 0.3) is 17.2 Å². The molecule has 2 aromatic heterocycles. The van der Waals surface area contributed by atoms with Crippen molar-refractivity contribution < 1.29 is 32.5 Å². The van der Waals surface area contributed by atoms with E-state index in [-0.39, 0.29) is 17.6 Å². The highest BCUT2D eigenvalue weighted by Crippen LogP contribution is 2.37. The highest BCUT2D eigenvalue weighted by Gasteiger charge is 2.36. The van der Waals surface area contributed by atoms with Gasteiger partial charge in [0.05, 0.1) is 32.7 Å². The molecule has 0 spiro atoms. The minimum Gasteiger partial charge on any atom is -0.494 e. The molecule has 1 saturated heterocycles. The zero-order valence-electron chi connectivity index (χ0n) is 21.3. The van der Waals surface area contributed by atoms with E-state index in [4.69, 9.17) is 18.9 Å². The zero-order chi connectivity index (χ0) is 26.6. The quantitative estimate of drug-likeness (QED) is 0.415. The fourth-order valence-electron chi connectivity index (χ4n) is 4.48. The van der Waals surface area contributed by atoms with Gasteiger partial charge in [-0.2, -0.15) is 0 Å². The molecule has 0 unspecified atom stereocenters. The lowest BCUT2D eigenvalue weighted by atomic mass is 9.92. The summed E-state index contributed by atoms with van der Waals surface area (Å²) in [4.78, 5) is 4.46. The lowest BCUT2D eigenvalue weighted by Gasteiger charge is -2.30. The van der Waals surface area contributed by atoms with E-state index in [1.807, 2.05) is 0 Å². The molecule has 4 rings (SSSR count). The number of aromatic nitrogens is 4. The molecule has 0 radical (unpaired) electrons. The minimum atomic E-state index is -3.85. The van der Waals surface area contributed by atoms with Gasteiger partial charge in [-0.1, -0.05) is 12.1 Å². The minimum absolute atomic E-state index is 0.133. The number of para-hydroxylation sites is 1. The van der Waals surface area contributed by atoms with Crippen molar-refractivity contribution in [3.8, 4) is 34.6 Å². The van der Waals surface area contributed by atoms with Crippen molar-refractivity contribution in [3.05, 3.63) is 42.2 Å². The summed E-state index contributed by atoms with van der Waals surface area (Å²) < 4.78 is 50.5. The standard InChI is InChI=1S/C25H32N4O7S/c1-16(24(30)17-11-13-36-14-12-17)37(31,32)15-21-27-28-25(18-7-5-10-22(26-18)35-4)29(21)23-19(33-2)8-6-9-20(23)34-3/h5-10,16-17,24,30H,11-15H2,1-4H3/t16-,24+/m1/s1. The molecule has 37 heavy (non-hydrogen) atoms. The Labute approximate surface area is 216 Å². The van der Waals surface area contributed by atoms with Gasteiger partial charge in [-0.3, -0.25) is 4.57 Å². The Kier molecular flexibility index (Phi) is 8.30. The first kappa shape index (κ1) is 26.8. The van der Waals surface area contributed by atoms with E-state index >= 15 is 0 Å². The number of aliphatic hydroxyl groups is 1. The normalized spacial score (nSPS) is 16.2. The number of hydrogen-bond donors (Lipinski definition) is 1. The van der Waals surface area contributed by atoms with E-state index in [9.17, 15) is 13.5 Å². The smallest absolute Gasteiger partial charge is 0.213 e. The van der Waals surface area contributed by atoms with Crippen molar-refractivity contribution in [2.75, 3.05) is 34.5 Å². The highest BCUT2D eigenvalue weighted by atomic mass is 32.2. The first-order chi connectivity index (χ1) is 17.8. The summed E-state index contributed by atoms with van der Waals surface area (Å²) in [5, 5.41) is 18.5. The average Bonchev–Trinajstić information content (AvgIpc) is 3.34. The molecular weight excluding hydrogens is 500 g/mol. The maximum absolute atomic E-state index is 13.6. The van der Waals surface area contributed by atoms with Gasteiger partial charge >= 0.3 is 0 Å². The number of rotatable bonds is 10. The van der Waals surface area contributed by atoms with Crippen LogP contribution in [0.4, 0.5) is 0 Å². The maximum Gasteiger partial charge on any atom is 0.213 e. The van der Waals surface area contributed by atoms with Crippen LogP contribution in [0, 0.1) is 5.92 Å². The van der Waals surface area contributed by atoms with Crippen LogP contribution in [0.5, 0.6) is 17.4 Å². The number of aliphatic hydroxyl groups excluding tert-OH is 1. The molecule has 2 atom stereocenters. The molecule has 0 amide bonds. The number of hydrogen-bond acceptors (Lipinski definition) is 10. The molecule has 1 N–H and O–H groups in total. The number of nitrogens with zero attached hydrogens (tertiary/aromatic N) is 4. The van der Waals surface area contributed by atoms with Crippen molar-refractivity contribution in [3.63, 3.8) is 0 Å². The molecule has 0 saturated carbocycles. The van der Waals surface area contributed by atoms with Gasteiger partial charge < -0.3 is 24.1 Å². The van der Waals surface area contributed by atoms with Crippen LogP contribution in [0.15, 0.2) is 36.4 Å². The van der Waals surface area contributed by atoms with Crippen molar-refractivity contribution >= 4 is 9.84 Å². The van der Waals surface area contributed by atoms with Crippen LogP contribution < -0.4 is 14.2 Å². The fourth-order valence-corrected chi connectivity index (χ4v) is 5.94. The second-order valence-corrected chi connectivity index (χ2v) is 11.2. The largest absolute Gasteiger partial charge is 0.494 e. The summed E-state index contributed by atoms with van der Waals surface area (Å²) in [7, 11) is 0.667. The van der Waals surface area contributed by atoms with E-state index in [0.717, 1.165) is 0 Å². The number of methoxy groups -OCH3 is 3. The van der Waals surface area contributed by atoms with Crippen LogP contribution in [0.2, 0.25) is 0 Å². The second kappa shape index (κ2) is 11.4. The Bertz CT molecular complexity index is 1300. The average molecular weight is 533 g/mol. The number of benzene rings is 1. The molecular formula is C25H32N4O7S. The van der Waals surface area contributed by atoms with Gasteiger partial charge in [0.25, 0.3) is 0 Å². The van der Waals surface area contributed by atoms with Gasteiger partial charge in [0.1, 0.15) is 28.6 Å². The molecule has 1 aliphatic heterocycles. The molecule has 3 aromatic rings. The van der Waals surface area contributed by atoms with E-state index in [1.165, 1.54) is 28.3 Å². The number of ether oxygens (including phenoxy) is 4. The van der Waals surface area contributed by atoms with Crippen molar-refractivity contribution in [2.45, 2.75) is 36.9 Å². The van der Waals surface area contributed by atoms with Crippen LogP contribution in [0.3, 0.4) is 0 Å². The number of sulfone groups is 1. The summed E-state index contributed by atoms with van der Waals surface area (Å²) in [6, 6.07) is 10.4. The van der Waals surface area contributed by atoms with E-state index < -0.39 is 26.9 Å². The summed E-state index contributed by atoms with van der Waals surface area (Å²) in [6.45, 7) is 2.55. The van der Waals surface area contributed by atoms with Gasteiger partial charge in [0, 0.05) is 19.3 Å². The van der Waals surface area contributed by atoms with Crippen LogP contribution in [-0.4, -0.2) is 79.2 Å². The fraction of sp³-hybridized carbons (Fsp3) is 0.480. The van der Waals surface area contributed by atoms with Gasteiger partial charge in [0.2, 0.25) is 5.88 Å². The second-order valence-electron chi connectivity index (χ2n) is 8.80. The monoisotopic (exact) mass is 532 g/mol. The molecule has 1 aliphatic rings. The van der Waals surface area contributed by atoms with Gasteiger partial charge in [-0.25, -0.2) is 13.4 Å². The third-order valence-corrected chi connectivity index (χ3v) is 8.72. The molecule has 200 valence electrons. The summed E-state index contributed by atoms with van der Waals surface area (Å²) in [5.41, 5.74) is 0.846. The van der Waals surface area contributed by atoms with Crippen LogP contribution >= 0.6 is 0 Å². The van der Waals surface area contributed by atoms with Gasteiger partial charge in [-0.05, 0) is 43.9 Å². The Morgan fingerprint density at radius 3 is 2.30 bits per heavy atom. The van der Waals surface area contributed by atoms with Crippen molar-refractivity contribution in [2.24, 2.45) is 5.92 Å². The summed E-state index contributed by atoms with van der Waals surface area (Å²) in [5.74, 6) is 1.02. The molecule has 0 bridgehead atoms. The Hall–Kier alpha value is -3.22. The van der Waals surface area contributed by atoms with E-state index in [1.54, 1.807) is 41.0 Å². The van der Waals surface area contributed by atoms with Crippen LogP contribution in [-0.2, 0) is 20.3 Å². The molecule has 12 heteroatoms. The van der Waals surface area contributed by atoms with E-state index in [2.05, 4.69) is 15.2 Å². The molecule has 11 nitrogen and oxygen atoms in total. The Morgan fingerprint density at radius 2 is 1.68 bits per heavy atom. The van der Waals surface area contributed by atoms with Crippen LogP contribution in [0.1, 0.15) is 25.6 Å². The molecule has 3 heterocycles. The molecule has 0 aliphatic carbocycles. The predicted molar refractivity (Wildman–Crippen MR) is 136 cm³/mol. The first-order valence-corrected chi connectivity index (χ1v) is 13.7. The number of pyridine rings is 1.